The molecule has 4 heterocycles. The molecule has 12 heteroatoms. The number of hydrogen-bond donors (Lipinski definition) is 2. The lowest BCUT2D eigenvalue weighted by molar-refractivity contribution is 0.0360. The topological polar surface area (TPSA) is 125 Å². The summed E-state index contributed by atoms with van der Waals surface area (Å²) in [6.07, 6.45) is 3.69. The molecule has 4 aromatic rings. The van der Waals surface area contributed by atoms with Gasteiger partial charge in [-0.2, -0.15) is 5.10 Å². The molecule has 1 saturated heterocycles. The van der Waals surface area contributed by atoms with Crippen molar-refractivity contribution in [1.82, 2.24) is 34.0 Å². The zero-order valence-corrected chi connectivity index (χ0v) is 19.3. The molecule has 0 radical (unpaired) electrons. The summed E-state index contributed by atoms with van der Waals surface area (Å²) >= 11 is -2.30. The Bertz CT molecular complexity index is 1280. The Kier molecular flexibility index (Phi) is 6.92. The number of nitrogens with one attached hydrogen (secondary N) is 2. The molecule has 1 atom stereocenters. The fraction of sp³-hybridized carbons (Fsp3) is 0.318. The average molecular weight is 482 g/mol. The number of nitrogens with zero attached hydrogens (tertiary/aromatic N) is 6. The summed E-state index contributed by atoms with van der Waals surface area (Å²) in [5.41, 5.74) is 3.50. The fourth-order valence-electron chi connectivity index (χ4n) is 3.90. The highest BCUT2D eigenvalue weighted by Gasteiger charge is 2.12. The van der Waals surface area contributed by atoms with Gasteiger partial charge >= 0.3 is 0 Å². The van der Waals surface area contributed by atoms with Crippen LogP contribution in [0.1, 0.15) is 5.56 Å². The van der Waals surface area contributed by atoms with Gasteiger partial charge in [0.15, 0.2) is 5.82 Å². The molecule has 1 aliphatic rings. The van der Waals surface area contributed by atoms with Crippen molar-refractivity contribution >= 4 is 28.5 Å². The maximum atomic E-state index is 10.8. The van der Waals surface area contributed by atoms with Crippen LogP contribution in [0.2, 0.25) is 0 Å². The summed E-state index contributed by atoms with van der Waals surface area (Å²) in [7, 11) is 0. The van der Waals surface area contributed by atoms with Gasteiger partial charge < -0.3 is 14.6 Å². The van der Waals surface area contributed by atoms with Crippen LogP contribution < -0.4 is 10.0 Å². The molecular weight excluding hydrogens is 456 g/mol. The molecule has 0 spiro atoms. The van der Waals surface area contributed by atoms with E-state index in [0.717, 1.165) is 61.7 Å². The summed E-state index contributed by atoms with van der Waals surface area (Å²) in [6, 6.07) is 13.5. The van der Waals surface area contributed by atoms with E-state index in [-0.39, 0.29) is 6.54 Å². The first-order valence-electron chi connectivity index (χ1n) is 11.0. The Labute approximate surface area is 199 Å². The SMILES string of the molecule is O=S([O-])NCc1cccc(-c2ccc3cnc(Nc4ccn(CCN5CCOCC5)n4)nn23)c1. The molecule has 0 amide bonds. The van der Waals surface area contributed by atoms with Crippen molar-refractivity contribution < 1.29 is 13.5 Å². The quantitative estimate of drug-likeness (QED) is 0.345. The molecule has 1 fully saturated rings. The van der Waals surface area contributed by atoms with E-state index in [9.17, 15) is 8.76 Å². The van der Waals surface area contributed by atoms with Crippen LogP contribution in [-0.2, 0) is 29.1 Å². The van der Waals surface area contributed by atoms with Crippen LogP contribution in [0.25, 0.3) is 16.8 Å². The first kappa shape index (κ1) is 22.6. The lowest BCUT2D eigenvalue weighted by atomic mass is 10.1. The molecule has 5 rings (SSSR count). The number of rotatable bonds is 9. The third-order valence-electron chi connectivity index (χ3n) is 5.65. The van der Waals surface area contributed by atoms with Crippen molar-refractivity contribution in [1.29, 1.82) is 0 Å². The zero-order chi connectivity index (χ0) is 23.3. The normalized spacial score (nSPS) is 15.6. The molecule has 178 valence electrons. The van der Waals surface area contributed by atoms with Crippen LogP contribution >= 0.6 is 0 Å². The maximum absolute atomic E-state index is 10.8. The molecule has 34 heavy (non-hydrogen) atoms. The van der Waals surface area contributed by atoms with Crippen molar-refractivity contribution in [3.63, 3.8) is 0 Å². The van der Waals surface area contributed by atoms with Crippen molar-refractivity contribution in [2.24, 2.45) is 0 Å². The zero-order valence-electron chi connectivity index (χ0n) is 18.5. The number of morpholine rings is 1. The minimum Gasteiger partial charge on any atom is -0.760 e. The van der Waals surface area contributed by atoms with E-state index in [1.165, 1.54) is 0 Å². The number of fused-ring (bicyclic) bond motifs is 1. The number of ether oxygens (including phenoxy) is 1. The van der Waals surface area contributed by atoms with Crippen molar-refractivity contribution in [2.75, 3.05) is 38.2 Å². The predicted molar refractivity (Wildman–Crippen MR) is 127 cm³/mol. The van der Waals surface area contributed by atoms with E-state index in [2.05, 4.69) is 30.1 Å². The molecule has 1 aromatic carbocycles. The van der Waals surface area contributed by atoms with Crippen LogP contribution in [0.3, 0.4) is 0 Å². The summed E-state index contributed by atoms with van der Waals surface area (Å²) in [6.45, 7) is 5.44. The Morgan fingerprint density at radius 1 is 1.09 bits per heavy atom. The molecule has 2 N–H and O–H groups in total. The molecule has 1 unspecified atom stereocenters. The molecule has 0 bridgehead atoms. The van der Waals surface area contributed by atoms with E-state index in [1.807, 2.05) is 57.9 Å². The Hall–Kier alpha value is -3.16. The van der Waals surface area contributed by atoms with E-state index < -0.39 is 11.3 Å². The van der Waals surface area contributed by atoms with E-state index in [4.69, 9.17) is 4.74 Å². The molecular formula is C22H25N8O3S-. The molecule has 1 aliphatic heterocycles. The third kappa shape index (κ3) is 5.48. The van der Waals surface area contributed by atoms with Crippen molar-refractivity contribution in [3.05, 3.63) is 60.4 Å². The van der Waals surface area contributed by atoms with Gasteiger partial charge in [-0.3, -0.25) is 13.8 Å². The summed E-state index contributed by atoms with van der Waals surface area (Å²) in [5.74, 6) is 1.11. The number of benzene rings is 1. The first-order chi connectivity index (χ1) is 16.6. The largest absolute Gasteiger partial charge is 0.760 e. The second-order valence-electron chi connectivity index (χ2n) is 7.94. The monoisotopic (exact) mass is 481 g/mol. The lowest BCUT2D eigenvalue weighted by Gasteiger charge is -2.26. The predicted octanol–water partition coefficient (Wildman–Crippen LogP) is 1.55. The second kappa shape index (κ2) is 10.4. The third-order valence-corrected chi connectivity index (χ3v) is 6.03. The standard InChI is InChI=1S/C22H26N8O3S/c31-34(32)24-15-17-2-1-3-18(14-17)20-5-4-19-16-23-22(27-30(19)20)25-21-6-7-29(26-21)9-8-28-10-12-33-13-11-28/h1-7,14,16,24H,8-13,15H2,(H,31,32)(H,25,26,27)/p-1. The van der Waals surface area contributed by atoms with E-state index in [1.54, 1.807) is 6.20 Å². The molecule has 0 saturated carbocycles. The average Bonchev–Trinajstić information content (AvgIpc) is 3.49. The summed E-state index contributed by atoms with van der Waals surface area (Å²) in [5, 5.41) is 12.4. The van der Waals surface area contributed by atoms with Gasteiger partial charge in [-0.15, -0.1) is 5.10 Å². The van der Waals surface area contributed by atoms with Crippen molar-refractivity contribution in [2.45, 2.75) is 13.1 Å². The molecule has 0 aliphatic carbocycles. The summed E-state index contributed by atoms with van der Waals surface area (Å²) in [4.78, 5) is 6.78. The molecule has 3 aromatic heterocycles. The van der Waals surface area contributed by atoms with E-state index in [0.29, 0.717) is 11.8 Å². The maximum Gasteiger partial charge on any atom is 0.246 e. The highest BCUT2D eigenvalue weighted by atomic mass is 32.2. The van der Waals surface area contributed by atoms with Gasteiger partial charge in [-0.05, 0) is 23.8 Å². The van der Waals surface area contributed by atoms with Gasteiger partial charge in [0.1, 0.15) is 0 Å². The highest BCUT2D eigenvalue weighted by Crippen LogP contribution is 2.23. The van der Waals surface area contributed by atoms with Crippen LogP contribution in [0, 0.1) is 0 Å². The van der Waals surface area contributed by atoms with Gasteiger partial charge in [0, 0.05) is 55.3 Å². The van der Waals surface area contributed by atoms with Gasteiger partial charge in [0.25, 0.3) is 0 Å². The Morgan fingerprint density at radius 3 is 2.82 bits per heavy atom. The number of aromatic nitrogens is 5. The van der Waals surface area contributed by atoms with Crippen LogP contribution in [0.5, 0.6) is 0 Å². The summed E-state index contributed by atoms with van der Waals surface area (Å²) < 4.78 is 33.1. The smallest absolute Gasteiger partial charge is 0.246 e. The van der Waals surface area contributed by atoms with Gasteiger partial charge in [-0.25, -0.2) is 14.2 Å². The number of hydrogen-bond acceptors (Lipinski definition) is 8. The Morgan fingerprint density at radius 2 is 1.97 bits per heavy atom. The van der Waals surface area contributed by atoms with Crippen LogP contribution in [0.4, 0.5) is 11.8 Å². The second-order valence-corrected chi connectivity index (χ2v) is 8.69. The van der Waals surface area contributed by atoms with Crippen molar-refractivity contribution in [3.8, 4) is 11.3 Å². The lowest BCUT2D eigenvalue weighted by Crippen LogP contribution is -2.38. The minimum absolute atomic E-state index is 0.225. The van der Waals surface area contributed by atoms with Gasteiger partial charge in [-0.1, -0.05) is 18.2 Å². The van der Waals surface area contributed by atoms with Gasteiger partial charge in [0.2, 0.25) is 5.95 Å². The number of anilines is 2. The van der Waals surface area contributed by atoms with Gasteiger partial charge in [0.05, 0.1) is 37.2 Å². The Balaban J connectivity index is 1.29. The van der Waals surface area contributed by atoms with E-state index >= 15 is 0 Å². The molecule has 11 nitrogen and oxygen atoms in total. The van der Waals surface area contributed by atoms with Crippen LogP contribution in [-0.4, -0.2) is 70.9 Å². The highest BCUT2D eigenvalue weighted by molar-refractivity contribution is 7.77. The van der Waals surface area contributed by atoms with Crippen LogP contribution in [0.15, 0.2) is 54.9 Å². The first-order valence-corrected chi connectivity index (χ1v) is 12.1. The fourth-order valence-corrected chi connectivity index (χ4v) is 4.18. The minimum atomic E-state index is -2.30.